The third-order valence-electron chi connectivity index (χ3n) is 5.65. The number of carbonyl (C=O) groups excluding carboxylic acids is 1. The lowest BCUT2D eigenvalue weighted by atomic mass is 9.96. The minimum atomic E-state index is -0.187. The molecule has 4 rings (SSSR count). The molecule has 29 heavy (non-hydrogen) atoms. The van der Waals surface area contributed by atoms with Crippen molar-refractivity contribution in [3.8, 4) is 16.9 Å². The van der Waals surface area contributed by atoms with Crippen LogP contribution in [0.5, 0.6) is 5.75 Å². The Morgan fingerprint density at radius 3 is 2.62 bits per heavy atom. The molecule has 1 amide bonds. The van der Waals surface area contributed by atoms with Crippen LogP contribution in [0.15, 0.2) is 64.0 Å². The predicted molar refractivity (Wildman–Crippen MR) is 111 cm³/mol. The second-order valence-corrected chi connectivity index (χ2v) is 7.53. The molecule has 150 valence electrons. The Bertz CT molecular complexity index is 1050. The van der Waals surface area contributed by atoms with Crippen LogP contribution in [0.2, 0.25) is 0 Å². The molecule has 0 aliphatic carbocycles. The number of ether oxygens (including phenoxy) is 1. The summed E-state index contributed by atoms with van der Waals surface area (Å²) in [7, 11) is 0. The predicted octanol–water partition coefficient (Wildman–Crippen LogP) is 1.62. The number of primary amides is 1. The number of benzene rings is 2. The lowest BCUT2D eigenvalue weighted by molar-refractivity contribution is -0.905. The number of likely N-dealkylation sites (tertiary alicyclic amines) is 1. The van der Waals surface area contributed by atoms with Crippen molar-refractivity contribution in [1.82, 2.24) is 0 Å². The summed E-state index contributed by atoms with van der Waals surface area (Å²) in [6, 6.07) is 14.8. The van der Waals surface area contributed by atoms with Crippen molar-refractivity contribution in [3.63, 3.8) is 0 Å². The van der Waals surface area contributed by atoms with Crippen molar-refractivity contribution in [1.29, 1.82) is 0 Å². The van der Waals surface area contributed by atoms with Gasteiger partial charge in [0.25, 0.3) is 0 Å². The van der Waals surface area contributed by atoms with Gasteiger partial charge in [-0.25, -0.2) is 0 Å². The molecule has 6 nitrogen and oxygen atoms in total. The molecule has 1 aliphatic heterocycles. The van der Waals surface area contributed by atoms with E-state index < -0.39 is 0 Å². The first-order chi connectivity index (χ1) is 14.1. The number of nitrogens with one attached hydrogen (secondary N) is 1. The molecule has 0 spiro atoms. The van der Waals surface area contributed by atoms with E-state index >= 15 is 0 Å². The van der Waals surface area contributed by atoms with Crippen molar-refractivity contribution >= 4 is 16.9 Å². The van der Waals surface area contributed by atoms with E-state index in [0.717, 1.165) is 38.0 Å². The van der Waals surface area contributed by atoms with Crippen molar-refractivity contribution in [2.75, 3.05) is 26.2 Å². The van der Waals surface area contributed by atoms with Crippen LogP contribution < -0.4 is 20.8 Å². The van der Waals surface area contributed by atoms with Gasteiger partial charge in [-0.2, -0.15) is 0 Å². The van der Waals surface area contributed by atoms with E-state index in [0.29, 0.717) is 28.9 Å². The fraction of sp³-hybridized carbons (Fsp3) is 0.304. The van der Waals surface area contributed by atoms with Crippen molar-refractivity contribution < 1.29 is 18.8 Å². The monoisotopic (exact) mass is 393 g/mol. The number of amides is 1. The Kier molecular flexibility index (Phi) is 5.62. The van der Waals surface area contributed by atoms with Crippen LogP contribution in [0.4, 0.5) is 0 Å². The summed E-state index contributed by atoms with van der Waals surface area (Å²) in [5.41, 5.74) is 7.24. The maximum absolute atomic E-state index is 12.8. The van der Waals surface area contributed by atoms with Crippen LogP contribution in [0.25, 0.3) is 22.1 Å². The molecule has 2 aromatic carbocycles. The highest BCUT2D eigenvalue weighted by atomic mass is 16.5. The molecule has 1 aliphatic rings. The van der Waals surface area contributed by atoms with Gasteiger partial charge in [-0.05, 0) is 17.7 Å². The first kappa shape index (κ1) is 19.2. The Morgan fingerprint density at radius 2 is 1.90 bits per heavy atom. The molecule has 6 heteroatoms. The minimum Gasteiger partial charge on any atom is -0.488 e. The molecule has 1 saturated heterocycles. The topological polar surface area (TPSA) is 87.0 Å². The van der Waals surface area contributed by atoms with Gasteiger partial charge in [0, 0.05) is 24.8 Å². The fourth-order valence-electron chi connectivity index (χ4n) is 3.89. The van der Waals surface area contributed by atoms with Crippen LogP contribution in [0.1, 0.15) is 12.8 Å². The van der Waals surface area contributed by atoms with Crippen molar-refractivity contribution in [3.05, 3.63) is 65.0 Å². The number of piperidine rings is 1. The van der Waals surface area contributed by atoms with Crippen LogP contribution in [0, 0.1) is 5.92 Å². The van der Waals surface area contributed by atoms with E-state index in [1.807, 2.05) is 36.4 Å². The van der Waals surface area contributed by atoms with E-state index in [-0.39, 0.29) is 17.3 Å². The quantitative estimate of drug-likeness (QED) is 0.666. The number of carbonyl (C=O) groups is 1. The van der Waals surface area contributed by atoms with Crippen LogP contribution in [-0.4, -0.2) is 32.1 Å². The largest absolute Gasteiger partial charge is 0.488 e. The average Bonchev–Trinajstić information content (AvgIpc) is 2.75. The molecule has 1 aromatic heterocycles. The van der Waals surface area contributed by atoms with E-state index in [1.54, 1.807) is 12.1 Å². The summed E-state index contributed by atoms with van der Waals surface area (Å²) in [6.45, 7) is 3.30. The lowest BCUT2D eigenvalue weighted by Gasteiger charge is -2.27. The second kappa shape index (κ2) is 8.49. The fourth-order valence-corrected chi connectivity index (χ4v) is 3.89. The Hall–Kier alpha value is -3.12. The smallest absolute Gasteiger partial charge is 0.220 e. The zero-order valence-electron chi connectivity index (χ0n) is 16.2. The van der Waals surface area contributed by atoms with Crippen molar-refractivity contribution in [2.45, 2.75) is 12.8 Å². The number of hydrogen-bond acceptors (Lipinski definition) is 4. The molecule has 0 unspecified atom stereocenters. The molecule has 0 saturated carbocycles. The first-order valence-electron chi connectivity index (χ1n) is 9.98. The summed E-state index contributed by atoms with van der Waals surface area (Å²) in [6.07, 6.45) is 3.20. The SMILES string of the molecule is NC(=O)C1CC[NH+](CCOc2ccc3c(=O)c(-c4ccccc4)coc3c2)CC1. The highest BCUT2D eigenvalue weighted by Gasteiger charge is 2.25. The van der Waals surface area contributed by atoms with Gasteiger partial charge in [0.15, 0.2) is 5.43 Å². The lowest BCUT2D eigenvalue weighted by Crippen LogP contribution is -3.13. The molecular formula is C23H25N2O4+. The normalized spacial score (nSPS) is 19.2. The highest BCUT2D eigenvalue weighted by molar-refractivity contribution is 5.82. The molecule has 2 heterocycles. The molecule has 3 N–H and O–H groups in total. The maximum atomic E-state index is 12.8. The Labute approximate surface area is 168 Å². The standard InChI is InChI=1S/C23H24N2O4/c24-23(27)17-8-10-25(11-9-17)12-13-28-18-6-7-19-21(14-18)29-15-20(22(19)26)16-4-2-1-3-5-16/h1-7,14-15,17H,8-13H2,(H2,24,27)/p+1. The summed E-state index contributed by atoms with van der Waals surface area (Å²) in [5, 5.41) is 0.540. The average molecular weight is 393 g/mol. The summed E-state index contributed by atoms with van der Waals surface area (Å²) >= 11 is 0. The maximum Gasteiger partial charge on any atom is 0.220 e. The number of rotatable bonds is 6. The summed E-state index contributed by atoms with van der Waals surface area (Å²) in [5.74, 6) is 0.511. The summed E-state index contributed by atoms with van der Waals surface area (Å²) < 4.78 is 11.6. The van der Waals surface area contributed by atoms with E-state index in [2.05, 4.69) is 0 Å². The van der Waals surface area contributed by atoms with E-state index in [9.17, 15) is 9.59 Å². The zero-order chi connectivity index (χ0) is 20.2. The number of nitrogens with two attached hydrogens (primary N) is 1. The Morgan fingerprint density at radius 1 is 1.14 bits per heavy atom. The van der Waals surface area contributed by atoms with E-state index in [4.69, 9.17) is 14.9 Å². The van der Waals surface area contributed by atoms with Gasteiger partial charge < -0.3 is 19.8 Å². The summed E-state index contributed by atoms with van der Waals surface area (Å²) in [4.78, 5) is 25.5. The molecular weight excluding hydrogens is 368 g/mol. The molecule has 0 atom stereocenters. The van der Waals surface area contributed by atoms with Gasteiger partial charge in [0.05, 0.1) is 24.0 Å². The minimum absolute atomic E-state index is 0.0174. The molecule has 3 aromatic rings. The van der Waals surface area contributed by atoms with Crippen LogP contribution in [-0.2, 0) is 4.79 Å². The van der Waals surface area contributed by atoms with Gasteiger partial charge in [0.1, 0.15) is 30.7 Å². The third kappa shape index (κ3) is 4.32. The van der Waals surface area contributed by atoms with Gasteiger partial charge in [-0.1, -0.05) is 30.3 Å². The Balaban J connectivity index is 1.40. The van der Waals surface area contributed by atoms with Gasteiger partial charge in [-0.3, -0.25) is 9.59 Å². The van der Waals surface area contributed by atoms with Crippen LogP contribution >= 0.6 is 0 Å². The molecule has 0 bridgehead atoms. The highest BCUT2D eigenvalue weighted by Crippen LogP contribution is 2.23. The van der Waals surface area contributed by atoms with Gasteiger partial charge in [-0.15, -0.1) is 0 Å². The van der Waals surface area contributed by atoms with E-state index in [1.165, 1.54) is 11.2 Å². The number of hydrogen-bond donors (Lipinski definition) is 2. The second-order valence-electron chi connectivity index (χ2n) is 7.53. The molecule has 1 fully saturated rings. The van der Waals surface area contributed by atoms with Gasteiger partial charge in [0.2, 0.25) is 5.91 Å². The first-order valence-corrected chi connectivity index (χ1v) is 9.98. The van der Waals surface area contributed by atoms with Crippen LogP contribution in [0.3, 0.4) is 0 Å². The number of quaternary nitrogens is 1. The third-order valence-corrected chi connectivity index (χ3v) is 5.65. The van der Waals surface area contributed by atoms with Gasteiger partial charge >= 0.3 is 0 Å². The van der Waals surface area contributed by atoms with Crippen molar-refractivity contribution in [2.24, 2.45) is 11.7 Å². The number of fused-ring (bicyclic) bond motifs is 1. The zero-order valence-corrected chi connectivity index (χ0v) is 16.2. The molecule has 0 radical (unpaired) electrons.